The highest BCUT2D eigenvalue weighted by atomic mass is 16.5. The molecule has 4 aromatic rings. The lowest BCUT2D eigenvalue weighted by molar-refractivity contribution is -0.0106. The van der Waals surface area contributed by atoms with Crippen molar-refractivity contribution in [2.75, 3.05) is 44.3 Å². The molecule has 206 valence electrons. The number of rotatable bonds is 8. The Hall–Kier alpha value is -3.93. The van der Waals surface area contributed by atoms with E-state index in [2.05, 4.69) is 63.8 Å². The van der Waals surface area contributed by atoms with Crippen molar-refractivity contribution in [2.24, 2.45) is 5.41 Å². The van der Waals surface area contributed by atoms with Crippen LogP contribution in [0.2, 0.25) is 0 Å². The van der Waals surface area contributed by atoms with Crippen LogP contribution in [0.15, 0.2) is 67.1 Å². The number of ether oxygens (including phenoxy) is 2. The van der Waals surface area contributed by atoms with Crippen LogP contribution in [-0.2, 0) is 11.2 Å². The van der Waals surface area contributed by atoms with Crippen LogP contribution in [-0.4, -0.2) is 60.1 Å². The van der Waals surface area contributed by atoms with E-state index >= 15 is 0 Å². The van der Waals surface area contributed by atoms with Gasteiger partial charge in [-0.15, -0.1) is 0 Å². The first kappa shape index (κ1) is 26.3. The standard InChI is InChI=1S/C32H36N6O2/c1-2-39-27-16-29(31-26(19-33)21-36-38(31)23-27)25-8-9-30(35-20-25)37-13-10-32(11-14-37,17-24-6-4-3-5-7-24)18-28-22-34-12-15-40-28/h3-9,16,20-21,23,28,34H,2,10-15,17-18,22H2,1H3. The predicted octanol–water partition coefficient (Wildman–Crippen LogP) is 4.87. The maximum absolute atomic E-state index is 9.65. The summed E-state index contributed by atoms with van der Waals surface area (Å²) in [6.45, 7) is 7.11. The van der Waals surface area contributed by atoms with Gasteiger partial charge in [0.05, 0.1) is 42.8 Å². The van der Waals surface area contributed by atoms with Crippen LogP contribution in [0.25, 0.3) is 16.6 Å². The molecule has 2 aliphatic heterocycles. The molecule has 5 heterocycles. The topological polar surface area (TPSA) is 87.7 Å². The van der Waals surface area contributed by atoms with Crippen LogP contribution in [0.1, 0.15) is 37.3 Å². The molecule has 2 fully saturated rings. The van der Waals surface area contributed by atoms with E-state index in [1.807, 2.05) is 25.4 Å². The molecule has 8 nitrogen and oxygen atoms in total. The number of morpholine rings is 1. The smallest absolute Gasteiger partial charge is 0.138 e. The lowest BCUT2D eigenvalue weighted by Crippen LogP contribution is -2.47. The van der Waals surface area contributed by atoms with Gasteiger partial charge in [-0.2, -0.15) is 10.4 Å². The molecule has 1 N–H and O–H groups in total. The molecule has 0 saturated carbocycles. The number of piperidine rings is 1. The van der Waals surface area contributed by atoms with Crippen molar-refractivity contribution in [1.82, 2.24) is 19.9 Å². The Kier molecular flexibility index (Phi) is 7.67. The highest BCUT2D eigenvalue weighted by Crippen LogP contribution is 2.41. The first-order valence-electron chi connectivity index (χ1n) is 14.3. The molecule has 0 bridgehead atoms. The summed E-state index contributed by atoms with van der Waals surface area (Å²) in [6, 6.07) is 19.3. The van der Waals surface area contributed by atoms with Gasteiger partial charge >= 0.3 is 0 Å². The number of nitrogens with one attached hydrogen (secondary N) is 1. The maximum atomic E-state index is 9.65. The molecule has 1 aromatic carbocycles. The molecule has 2 aliphatic rings. The monoisotopic (exact) mass is 536 g/mol. The van der Waals surface area contributed by atoms with Gasteiger partial charge in [-0.1, -0.05) is 30.3 Å². The number of anilines is 1. The molecule has 40 heavy (non-hydrogen) atoms. The number of benzene rings is 1. The second kappa shape index (κ2) is 11.7. The minimum Gasteiger partial charge on any atom is -0.492 e. The van der Waals surface area contributed by atoms with Crippen molar-refractivity contribution in [3.8, 4) is 22.9 Å². The molecule has 2 saturated heterocycles. The fraction of sp³-hybridized carbons (Fsp3) is 0.406. The number of aromatic nitrogens is 3. The van der Waals surface area contributed by atoms with Crippen molar-refractivity contribution < 1.29 is 9.47 Å². The Labute approximate surface area is 235 Å². The average molecular weight is 537 g/mol. The number of fused-ring (bicyclic) bond motifs is 1. The van der Waals surface area contributed by atoms with Crippen molar-refractivity contribution in [3.63, 3.8) is 0 Å². The van der Waals surface area contributed by atoms with E-state index in [1.165, 1.54) is 5.56 Å². The quantitative estimate of drug-likeness (QED) is 0.344. The largest absolute Gasteiger partial charge is 0.492 e. The van der Waals surface area contributed by atoms with Gasteiger partial charge in [0.25, 0.3) is 0 Å². The zero-order valence-electron chi connectivity index (χ0n) is 23.1. The van der Waals surface area contributed by atoms with Crippen LogP contribution in [0.5, 0.6) is 5.75 Å². The molecule has 6 rings (SSSR count). The van der Waals surface area contributed by atoms with Gasteiger partial charge in [-0.05, 0) is 61.8 Å². The zero-order valence-corrected chi connectivity index (χ0v) is 23.1. The fourth-order valence-corrected chi connectivity index (χ4v) is 6.30. The Morgan fingerprint density at radius 1 is 1.15 bits per heavy atom. The van der Waals surface area contributed by atoms with E-state index < -0.39 is 0 Å². The maximum Gasteiger partial charge on any atom is 0.138 e. The van der Waals surface area contributed by atoms with Gasteiger partial charge in [0.1, 0.15) is 17.6 Å². The van der Waals surface area contributed by atoms with Gasteiger partial charge in [-0.3, -0.25) is 0 Å². The molecule has 0 radical (unpaired) electrons. The summed E-state index contributed by atoms with van der Waals surface area (Å²) in [6.07, 6.45) is 9.94. The lowest BCUT2D eigenvalue weighted by Gasteiger charge is -2.44. The van der Waals surface area contributed by atoms with Gasteiger partial charge in [-0.25, -0.2) is 9.50 Å². The predicted molar refractivity (Wildman–Crippen MR) is 156 cm³/mol. The molecule has 0 spiro atoms. The van der Waals surface area contributed by atoms with Gasteiger partial charge in [0.15, 0.2) is 0 Å². The Balaban J connectivity index is 1.21. The molecular formula is C32H36N6O2. The van der Waals surface area contributed by atoms with E-state index in [0.29, 0.717) is 17.9 Å². The van der Waals surface area contributed by atoms with Crippen molar-refractivity contribution >= 4 is 11.3 Å². The first-order valence-corrected chi connectivity index (χ1v) is 14.3. The highest BCUT2D eigenvalue weighted by Gasteiger charge is 2.38. The Morgan fingerprint density at radius 3 is 2.70 bits per heavy atom. The summed E-state index contributed by atoms with van der Waals surface area (Å²) >= 11 is 0. The third kappa shape index (κ3) is 5.53. The van der Waals surface area contributed by atoms with Crippen LogP contribution >= 0.6 is 0 Å². The minimum absolute atomic E-state index is 0.211. The number of pyridine rings is 2. The molecule has 3 aromatic heterocycles. The number of hydrogen-bond donors (Lipinski definition) is 1. The highest BCUT2D eigenvalue weighted by molar-refractivity contribution is 5.85. The van der Waals surface area contributed by atoms with Crippen molar-refractivity contribution in [1.29, 1.82) is 5.26 Å². The SMILES string of the molecule is CCOc1cc(-c2ccc(N3CCC(Cc4ccccc4)(CC4CNCCO4)CC3)nc2)c2c(C#N)cnn2c1. The summed E-state index contributed by atoms with van der Waals surface area (Å²) in [7, 11) is 0. The van der Waals surface area contributed by atoms with Gasteiger partial charge in [0.2, 0.25) is 0 Å². The van der Waals surface area contributed by atoms with Crippen LogP contribution in [0, 0.1) is 16.7 Å². The molecule has 1 atom stereocenters. The average Bonchev–Trinajstić information content (AvgIpc) is 3.42. The van der Waals surface area contributed by atoms with E-state index in [9.17, 15) is 5.26 Å². The molecular weight excluding hydrogens is 500 g/mol. The Bertz CT molecular complexity index is 1460. The summed E-state index contributed by atoms with van der Waals surface area (Å²) in [5.41, 5.74) is 4.74. The molecule has 1 unspecified atom stereocenters. The number of nitrogens with zero attached hydrogens (tertiary/aromatic N) is 5. The summed E-state index contributed by atoms with van der Waals surface area (Å²) < 4.78 is 13.6. The third-order valence-electron chi connectivity index (χ3n) is 8.31. The van der Waals surface area contributed by atoms with Crippen LogP contribution in [0.4, 0.5) is 5.82 Å². The van der Waals surface area contributed by atoms with Crippen molar-refractivity contribution in [3.05, 3.63) is 78.2 Å². The van der Waals surface area contributed by atoms with E-state index in [4.69, 9.17) is 14.5 Å². The summed E-state index contributed by atoms with van der Waals surface area (Å²) in [5, 5.41) is 17.5. The van der Waals surface area contributed by atoms with Crippen molar-refractivity contribution in [2.45, 2.75) is 38.7 Å². The third-order valence-corrected chi connectivity index (χ3v) is 8.31. The first-order chi connectivity index (χ1) is 19.7. The zero-order chi connectivity index (χ0) is 27.4. The molecule has 8 heteroatoms. The molecule has 0 amide bonds. The Morgan fingerprint density at radius 2 is 2.00 bits per heavy atom. The lowest BCUT2D eigenvalue weighted by atomic mass is 9.70. The van der Waals surface area contributed by atoms with Crippen LogP contribution < -0.4 is 15.0 Å². The van der Waals surface area contributed by atoms with E-state index in [0.717, 1.165) is 80.9 Å². The van der Waals surface area contributed by atoms with Gasteiger partial charge in [0, 0.05) is 43.5 Å². The molecule has 0 aliphatic carbocycles. The second-order valence-corrected chi connectivity index (χ2v) is 10.9. The van der Waals surface area contributed by atoms with E-state index in [1.54, 1.807) is 10.7 Å². The summed E-state index contributed by atoms with van der Waals surface area (Å²) in [4.78, 5) is 7.29. The minimum atomic E-state index is 0.211. The van der Waals surface area contributed by atoms with Gasteiger partial charge < -0.3 is 19.7 Å². The number of nitriles is 1. The second-order valence-electron chi connectivity index (χ2n) is 10.9. The fourth-order valence-electron chi connectivity index (χ4n) is 6.30. The normalized spacial score (nSPS) is 18.9. The number of hydrogen-bond acceptors (Lipinski definition) is 7. The summed E-state index contributed by atoms with van der Waals surface area (Å²) in [5.74, 6) is 1.70. The van der Waals surface area contributed by atoms with Crippen LogP contribution in [0.3, 0.4) is 0 Å². The van der Waals surface area contributed by atoms with E-state index in [-0.39, 0.29) is 11.5 Å².